The highest BCUT2D eigenvalue weighted by molar-refractivity contribution is 7.09. The Labute approximate surface area is 131 Å². The van der Waals surface area contributed by atoms with E-state index in [1.165, 1.54) is 10.4 Å². The first-order valence-electron chi connectivity index (χ1n) is 7.56. The lowest BCUT2D eigenvalue weighted by molar-refractivity contribution is 0.328. The second kappa shape index (κ2) is 7.19. The molecule has 0 radical (unpaired) electrons. The van der Waals surface area contributed by atoms with Gasteiger partial charge >= 0.3 is 0 Å². The smallest absolute Gasteiger partial charge is 0.123 e. The number of rotatable bonds is 7. The molecule has 0 aliphatic heterocycles. The summed E-state index contributed by atoms with van der Waals surface area (Å²) < 4.78 is 13.1. The lowest BCUT2D eigenvalue weighted by Gasteiger charge is -2.36. The van der Waals surface area contributed by atoms with Crippen LogP contribution in [0.2, 0.25) is 0 Å². The van der Waals surface area contributed by atoms with Gasteiger partial charge in [0, 0.05) is 16.3 Å². The molecule has 0 spiro atoms. The fraction of sp³-hybridized carbons (Fsp3) is 0.444. The van der Waals surface area contributed by atoms with Gasteiger partial charge in [0.15, 0.2) is 0 Å². The van der Waals surface area contributed by atoms with Crippen molar-refractivity contribution in [3.63, 3.8) is 0 Å². The third-order valence-corrected chi connectivity index (χ3v) is 5.11. The molecule has 1 N–H and O–H groups in total. The first-order valence-corrected chi connectivity index (χ1v) is 8.43. The maximum atomic E-state index is 13.1. The number of aryl methyl sites for hydroxylation is 1. The normalized spacial score (nSPS) is 13.3. The van der Waals surface area contributed by atoms with E-state index in [-0.39, 0.29) is 11.2 Å². The van der Waals surface area contributed by atoms with Gasteiger partial charge in [-0.15, -0.1) is 11.3 Å². The van der Waals surface area contributed by atoms with Gasteiger partial charge in [-0.25, -0.2) is 4.39 Å². The maximum absolute atomic E-state index is 13.1. The largest absolute Gasteiger partial charge is 0.313 e. The molecule has 0 saturated carbocycles. The highest BCUT2D eigenvalue weighted by Gasteiger charge is 2.30. The van der Waals surface area contributed by atoms with Crippen LogP contribution in [0.1, 0.15) is 37.6 Å². The summed E-state index contributed by atoms with van der Waals surface area (Å²) >= 11 is 1.81. The van der Waals surface area contributed by atoms with Gasteiger partial charge in [0.05, 0.1) is 0 Å². The molecule has 0 saturated heterocycles. The molecular weight excluding hydrogens is 281 g/mol. The summed E-state index contributed by atoms with van der Waals surface area (Å²) in [5.74, 6) is -0.173. The molecule has 1 heterocycles. The molecule has 3 heteroatoms. The van der Waals surface area contributed by atoms with Crippen LogP contribution in [-0.2, 0) is 11.8 Å². The first kappa shape index (κ1) is 16.2. The molecule has 0 bridgehead atoms. The van der Waals surface area contributed by atoms with E-state index in [1.54, 1.807) is 12.1 Å². The van der Waals surface area contributed by atoms with Crippen molar-refractivity contribution in [2.45, 2.75) is 45.1 Å². The van der Waals surface area contributed by atoms with E-state index in [2.05, 4.69) is 43.6 Å². The van der Waals surface area contributed by atoms with Gasteiger partial charge in [0.25, 0.3) is 0 Å². The summed E-state index contributed by atoms with van der Waals surface area (Å²) in [7, 11) is 0. The SMILES string of the molecule is CCNC(CCc1cccs1)C(C)(C)c1ccc(F)cc1. The third-order valence-electron chi connectivity index (χ3n) is 4.17. The highest BCUT2D eigenvalue weighted by Crippen LogP contribution is 2.30. The van der Waals surface area contributed by atoms with Crippen LogP contribution in [0.4, 0.5) is 4.39 Å². The van der Waals surface area contributed by atoms with E-state index in [0.717, 1.165) is 19.4 Å². The molecular formula is C18H24FNS. The topological polar surface area (TPSA) is 12.0 Å². The molecule has 0 aliphatic rings. The average Bonchev–Trinajstić information content (AvgIpc) is 2.97. The van der Waals surface area contributed by atoms with Crippen LogP contribution in [0, 0.1) is 5.82 Å². The number of nitrogens with one attached hydrogen (secondary N) is 1. The van der Waals surface area contributed by atoms with E-state index >= 15 is 0 Å². The maximum Gasteiger partial charge on any atom is 0.123 e. The Bertz CT molecular complexity index is 531. The number of thiophene rings is 1. The average molecular weight is 305 g/mol. The van der Waals surface area contributed by atoms with Crippen molar-refractivity contribution in [1.29, 1.82) is 0 Å². The van der Waals surface area contributed by atoms with Gasteiger partial charge in [-0.3, -0.25) is 0 Å². The second-order valence-electron chi connectivity index (χ2n) is 5.96. The minimum atomic E-state index is -0.173. The van der Waals surface area contributed by atoms with Crippen molar-refractivity contribution >= 4 is 11.3 Å². The minimum Gasteiger partial charge on any atom is -0.313 e. The monoisotopic (exact) mass is 305 g/mol. The van der Waals surface area contributed by atoms with Crippen LogP contribution < -0.4 is 5.32 Å². The van der Waals surface area contributed by atoms with Crippen molar-refractivity contribution < 1.29 is 4.39 Å². The zero-order valence-corrected chi connectivity index (χ0v) is 13.8. The molecule has 1 nitrogen and oxygen atoms in total. The van der Waals surface area contributed by atoms with Crippen LogP contribution in [-0.4, -0.2) is 12.6 Å². The van der Waals surface area contributed by atoms with Gasteiger partial charge in [0.2, 0.25) is 0 Å². The highest BCUT2D eigenvalue weighted by atomic mass is 32.1. The predicted molar refractivity (Wildman–Crippen MR) is 89.5 cm³/mol. The van der Waals surface area contributed by atoms with Crippen molar-refractivity contribution in [3.05, 3.63) is 58.0 Å². The number of hydrogen-bond donors (Lipinski definition) is 1. The summed E-state index contributed by atoms with van der Waals surface area (Å²) in [4.78, 5) is 1.42. The number of hydrogen-bond acceptors (Lipinski definition) is 2. The van der Waals surface area contributed by atoms with E-state index < -0.39 is 0 Å². The zero-order chi connectivity index (χ0) is 15.3. The Kier molecular flexibility index (Phi) is 5.54. The summed E-state index contributed by atoms with van der Waals surface area (Å²) in [5, 5.41) is 5.74. The molecule has 1 aromatic carbocycles. The Balaban J connectivity index is 2.12. The van der Waals surface area contributed by atoms with Gasteiger partial charge < -0.3 is 5.32 Å². The van der Waals surface area contributed by atoms with Crippen LogP contribution in [0.15, 0.2) is 41.8 Å². The molecule has 1 atom stereocenters. The molecule has 2 aromatic rings. The van der Waals surface area contributed by atoms with Crippen LogP contribution in [0.5, 0.6) is 0 Å². The van der Waals surface area contributed by atoms with Crippen molar-refractivity contribution in [2.75, 3.05) is 6.54 Å². The van der Waals surface area contributed by atoms with E-state index in [0.29, 0.717) is 6.04 Å². The molecule has 2 rings (SSSR count). The van der Waals surface area contributed by atoms with Gasteiger partial charge in [-0.1, -0.05) is 39.0 Å². The fourth-order valence-electron chi connectivity index (χ4n) is 2.79. The van der Waals surface area contributed by atoms with Gasteiger partial charge in [-0.05, 0) is 48.5 Å². The standard InChI is InChI=1S/C18H24FNS/c1-4-20-17(12-11-16-6-5-13-21-16)18(2,3)14-7-9-15(19)10-8-14/h5-10,13,17,20H,4,11-12H2,1-3H3. The Morgan fingerprint density at radius 1 is 1.19 bits per heavy atom. The third kappa shape index (κ3) is 4.14. The predicted octanol–water partition coefficient (Wildman–Crippen LogP) is 4.78. The van der Waals surface area contributed by atoms with Crippen molar-refractivity contribution in [1.82, 2.24) is 5.32 Å². The molecule has 1 aromatic heterocycles. The van der Waals surface area contributed by atoms with Gasteiger partial charge in [-0.2, -0.15) is 0 Å². The Morgan fingerprint density at radius 2 is 1.90 bits per heavy atom. The summed E-state index contributed by atoms with van der Waals surface area (Å²) in [6, 6.07) is 11.6. The Morgan fingerprint density at radius 3 is 2.48 bits per heavy atom. The van der Waals surface area contributed by atoms with Crippen LogP contribution in [0.25, 0.3) is 0 Å². The molecule has 0 aliphatic carbocycles. The fourth-order valence-corrected chi connectivity index (χ4v) is 3.51. The summed E-state index contributed by atoms with van der Waals surface area (Å²) in [5.41, 5.74) is 1.15. The zero-order valence-electron chi connectivity index (χ0n) is 13.0. The quantitative estimate of drug-likeness (QED) is 0.776. The second-order valence-corrected chi connectivity index (χ2v) is 6.99. The number of benzene rings is 1. The molecule has 114 valence electrons. The van der Waals surface area contributed by atoms with E-state index in [4.69, 9.17) is 0 Å². The van der Waals surface area contributed by atoms with Crippen molar-refractivity contribution in [3.8, 4) is 0 Å². The van der Waals surface area contributed by atoms with Crippen LogP contribution in [0.3, 0.4) is 0 Å². The van der Waals surface area contributed by atoms with Crippen LogP contribution >= 0.6 is 11.3 Å². The van der Waals surface area contributed by atoms with E-state index in [1.807, 2.05) is 23.5 Å². The molecule has 0 fully saturated rings. The molecule has 1 unspecified atom stereocenters. The van der Waals surface area contributed by atoms with Crippen molar-refractivity contribution in [2.24, 2.45) is 0 Å². The Hall–Kier alpha value is -1.19. The summed E-state index contributed by atoms with van der Waals surface area (Å²) in [6.07, 6.45) is 2.17. The summed E-state index contributed by atoms with van der Waals surface area (Å²) in [6.45, 7) is 7.56. The van der Waals surface area contributed by atoms with Gasteiger partial charge in [0.1, 0.15) is 5.82 Å². The lowest BCUT2D eigenvalue weighted by atomic mass is 9.76. The number of likely N-dealkylation sites (N-methyl/N-ethyl adjacent to an activating group) is 1. The number of halogens is 1. The minimum absolute atomic E-state index is 0.0268. The van der Waals surface area contributed by atoms with E-state index in [9.17, 15) is 4.39 Å². The lowest BCUT2D eigenvalue weighted by Crippen LogP contribution is -2.45. The first-order chi connectivity index (χ1) is 10.0. The molecule has 21 heavy (non-hydrogen) atoms. The molecule has 0 amide bonds.